The maximum atomic E-state index is 12.9. The minimum Gasteiger partial charge on any atom is -0.377 e. The summed E-state index contributed by atoms with van der Waals surface area (Å²) in [6.07, 6.45) is 3.74. The summed E-state index contributed by atoms with van der Waals surface area (Å²) in [4.78, 5) is 26.9. The van der Waals surface area contributed by atoms with Crippen LogP contribution in [-0.4, -0.2) is 55.1 Å². The normalized spacial score (nSPS) is 36.0. The first-order chi connectivity index (χ1) is 10.1. The van der Waals surface area contributed by atoms with E-state index in [4.69, 9.17) is 10.5 Å². The van der Waals surface area contributed by atoms with E-state index in [9.17, 15) is 9.59 Å². The fraction of sp³-hybridized carbons (Fsp3) is 0.867. The number of morpholine rings is 1. The number of nitrogens with zero attached hydrogens (tertiary/aromatic N) is 1. The molecule has 0 aromatic rings. The molecule has 2 saturated carbocycles. The van der Waals surface area contributed by atoms with E-state index >= 15 is 0 Å². The van der Waals surface area contributed by atoms with E-state index in [1.165, 1.54) is 0 Å². The second kappa shape index (κ2) is 5.57. The average Bonchev–Trinajstić information content (AvgIpc) is 3.26. The van der Waals surface area contributed by atoms with Crippen molar-refractivity contribution in [3.05, 3.63) is 0 Å². The summed E-state index contributed by atoms with van der Waals surface area (Å²) in [7, 11) is 0. The molecular formula is C15H25N3O3. The lowest BCUT2D eigenvalue weighted by Gasteiger charge is -2.48. The summed E-state index contributed by atoms with van der Waals surface area (Å²) in [6.45, 7) is 3.77. The molecule has 3 fully saturated rings. The molecule has 0 aromatic heterocycles. The maximum Gasteiger partial charge on any atom is 0.245 e. The smallest absolute Gasteiger partial charge is 0.245 e. The third kappa shape index (κ3) is 2.79. The van der Waals surface area contributed by atoms with Gasteiger partial charge in [0.15, 0.2) is 0 Å². The highest BCUT2D eigenvalue weighted by atomic mass is 16.5. The molecule has 1 aliphatic heterocycles. The highest BCUT2D eigenvalue weighted by Crippen LogP contribution is 2.46. The number of ether oxygens (including phenoxy) is 1. The summed E-state index contributed by atoms with van der Waals surface area (Å²) in [5.41, 5.74) is 5.42. The van der Waals surface area contributed by atoms with Crippen molar-refractivity contribution in [2.75, 3.05) is 26.3 Å². The molecule has 0 bridgehead atoms. The third-order valence-electron chi connectivity index (χ3n) is 4.94. The predicted molar refractivity (Wildman–Crippen MR) is 77.4 cm³/mol. The van der Waals surface area contributed by atoms with Crippen LogP contribution in [0.5, 0.6) is 0 Å². The molecule has 0 spiro atoms. The number of hydrogen-bond acceptors (Lipinski definition) is 4. The molecule has 2 amide bonds. The Morgan fingerprint density at radius 2 is 2.10 bits per heavy atom. The van der Waals surface area contributed by atoms with E-state index < -0.39 is 11.5 Å². The van der Waals surface area contributed by atoms with E-state index in [2.05, 4.69) is 12.2 Å². The first kappa shape index (κ1) is 14.8. The molecule has 0 radical (unpaired) electrons. The predicted octanol–water partition coefficient (Wildman–Crippen LogP) is -0.133. The van der Waals surface area contributed by atoms with Crippen molar-refractivity contribution in [2.45, 2.75) is 44.7 Å². The molecule has 6 heteroatoms. The molecule has 0 aromatic carbocycles. The summed E-state index contributed by atoms with van der Waals surface area (Å²) in [5.74, 6) is 0.504. The van der Waals surface area contributed by atoms with Crippen LogP contribution < -0.4 is 11.1 Å². The van der Waals surface area contributed by atoms with Gasteiger partial charge in [0.2, 0.25) is 11.8 Å². The second-order valence-electron chi connectivity index (χ2n) is 6.87. The van der Waals surface area contributed by atoms with Gasteiger partial charge in [0, 0.05) is 19.1 Å². The van der Waals surface area contributed by atoms with Crippen LogP contribution in [0.4, 0.5) is 0 Å². The zero-order valence-electron chi connectivity index (χ0n) is 12.6. The standard InChI is InChI=1S/C15H25N3O3/c1-10-6-15(7-10,9-16)14(20)18-4-5-21-8-12(18)13(19)17-11-2-3-11/h10-12H,2-9,16H2,1H3,(H,17,19). The van der Waals surface area contributed by atoms with Crippen molar-refractivity contribution in [1.29, 1.82) is 0 Å². The van der Waals surface area contributed by atoms with E-state index in [1.54, 1.807) is 4.90 Å². The van der Waals surface area contributed by atoms with Crippen molar-refractivity contribution in [2.24, 2.45) is 17.1 Å². The first-order valence-electron chi connectivity index (χ1n) is 7.95. The highest BCUT2D eigenvalue weighted by molar-refractivity contribution is 5.91. The Labute approximate surface area is 125 Å². The molecular weight excluding hydrogens is 270 g/mol. The van der Waals surface area contributed by atoms with Crippen LogP contribution in [-0.2, 0) is 14.3 Å². The molecule has 21 heavy (non-hydrogen) atoms. The van der Waals surface area contributed by atoms with Crippen LogP contribution in [0.25, 0.3) is 0 Å². The molecule has 3 N–H and O–H groups in total. The van der Waals surface area contributed by atoms with E-state index in [-0.39, 0.29) is 11.8 Å². The lowest BCUT2D eigenvalue weighted by atomic mass is 9.61. The third-order valence-corrected chi connectivity index (χ3v) is 4.94. The average molecular weight is 295 g/mol. The number of amides is 2. The van der Waals surface area contributed by atoms with Gasteiger partial charge in [-0.2, -0.15) is 0 Å². The van der Waals surface area contributed by atoms with Crippen molar-refractivity contribution < 1.29 is 14.3 Å². The number of nitrogens with two attached hydrogens (primary N) is 1. The van der Waals surface area contributed by atoms with Gasteiger partial charge in [-0.25, -0.2) is 0 Å². The first-order valence-corrected chi connectivity index (χ1v) is 7.95. The molecule has 6 nitrogen and oxygen atoms in total. The Balaban J connectivity index is 1.70. The van der Waals surface area contributed by atoms with Gasteiger partial charge < -0.3 is 20.7 Å². The fourth-order valence-electron chi connectivity index (χ4n) is 3.60. The summed E-state index contributed by atoms with van der Waals surface area (Å²) >= 11 is 0. The number of carbonyl (C=O) groups excluding carboxylic acids is 2. The number of nitrogens with one attached hydrogen (secondary N) is 1. The molecule has 3 aliphatic rings. The van der Waals surface area contributed by atoms with E-state index in [1.807, 2.05) is 0 Å². The number of carbonyl (C=O) groups is 2. The van der Waals surface area contributed by atoms with Crippen molar-refractivity contribution in [3.63, 3.8) is 0 Å². The van der Waals surface area contributed by atoms with Gasteiger partial charge in [-0.15, -0.1) is 0 Å². The number of hydrogen-bond donors (Lipinski definition) is 2. The van der Waals surface area contributed by atoms with Gasteiger partial charge in [-0.3, -0.25) is 9.59 Å². The quantitative estimate of drug-likeness (QED) is 0.756. The van der Waals surface area contributed by atoms with Crippen LogP contribution in [0.15, 0.2) is 0 Å². The summed E-state index contributed by atoms with van der Waals surface area (Å²) in [5, 5.41) is 2.98. The Bertz CT molecular complexity index is 430. The highest BCUT2D eigenvalue weighted by Gasteiger charge is 2.51. The zero-order valence-corrected chi connectivity index (χ0v) is 12.6. The van der Waals surface area contributed by atoms with Gasteiger partial charge in [0.25, 0.3) is 0 Å². The molecule has 1 heterocycles. The minimum atomic E-state index is -0.494. The van der Waals surface area contributed by atoms with Gasteiger partial charge >= 0.3 is 0 Å². The molecule has 3 rings (SSSR count). The van der Waals surface area contributed by atoms with Crippen LogP contribution in [0, 0.1) is 11.3 Å². The maximum absolute atomic E-state index is 12.9. The monoisotopic (exact) mass is 295 g/mol. The van der Waals surface area contributed by atoms with Crippen LogP contribution in [0.1, 0.15) is 32.6 Å². The minimum absolute atomic E-state index is 0.0438. The zero-order chi connectivity index (χ0) is 15.0. The van der Waals surface area contributed by atoms with Crippen molar-refractivity contribution >= 4 is 11.8 Å². The van der Waals surface area contributed by atoms with Gasteiger partial charge in [0.05, 0.1) is 18.6 Å². The largest absolute Gasteiger partial charge is 0.377 e. The molecule has 118 valence electrons. The Morgan fingerprint density at radius 3 is 2.67 bits per heavy atom. The fourth-order valence-corrected chi connectivity index (χ4v) is 3.60. The van der Waals surface area contributed by atoms with E-state index in [0.29, 0.717) is 38.3 Å². The molecule has 2 aliphatic carbocycles. The van der Waals surface area contributed by atoms with Crippen molar-refractivity contribution in [1.82, 2.24) is 10.2 Å². The molecule has 1 atom stereocenters. The molecule has 1 unspecified atom stereocenters. The Hall–Kier alpha value is -1.14. The van der Waals surface area contributed by atoms with Crippen molar-refractivity contribution in [3.8, 4) is 0 Å². The van der Waals surface area contributed by atoms with Crippen LogP contribution >= 0.6 is 0 Å². The van der Waals surface area contributed by atoms with Crippen LogP contribution in [0.3, 0.4) is 0 Å². The van der Waals surface area contributed by atoms with E-state index in [0.717, 1.165) is 25.7 Å². The second-order valence-corrected chi connectivity index (χ2v) is 6.87. The lowest BCUT2D eigenvalue weighted by molar-refractivity contribution is -0.162. The Kier molecular flexibility index (Phi) is 3.92. The summed E-state index contributed by atoms with van der Waals surface area (Å²) in [6, 6.07) is -0.199. The topological polar surface area (TPSA) is 84.7 Å². The molecule has 1 saturated heterocycles. The summed E-state index contributed by atoms with van der Waals surface area (Å²) < 4.78 is 5.42. The number of rotatable bonds is 4. The van der Waals surface area contributed by atoms with Gasteiger partial charge in [0.1, 0.15) is 6.04 Å². The SMILES string of the molecule is CC1CC(CN)(C(=O)N2CCOCC2C(=O)NC2CC2)C1. The van der Waals surface area contributed by atoms with Gasteiger partial charge in [-0.1, -0.05) is 6.92 Å². The lowest BCUT2D eigenvalue weighted by Crippen LogP contribution is -2.62. The Morgan fingerprint density at radius 1 is 1.38 bits per heavy atom. The van der Waals surface area contributed by atoms with Crippen LogP contribution in [0.2, 0.25) is 0 Å². The van der Waals surface area contributed by atoms with Gasteiger partial charge in [-0.05, 0) is 31.6 Å².